The summed E-state index contributed by atoms with van der Waals surface area (Å²) in [5.74, 6) is -0.462. The number of nitrogens with zero attached hydrogens (tertiary/aromatic N) is 2. The van der Waals surface area contributed by atoms with Crippen molar-refractivity contribution in [2.75, 3.05) is 0 Å². The number of rotatable bonds is 6. The molecule has 0 amide bonds. The van der Waals surface area contributed by atoms with E-state index in [2.05, 4.69) is 4.18 Å². The van der Waals surface area contributed by atoms with Gasteiger partial charge in [0.1, 0.15) is 5.75 Å². The maximum atomic E-state index is 12.4. The summed E-state index contributed by atoms with van der Waals surface area (Å²) in [6.45, 7) is 0. The Morgan fingerprint density at radius 1 is 0.741 bits per heavy atom. The van der Waals surface area contributed by atoms with Crippen LogP contribution in [-0.2, 0) is 40.8 Å². The molecule has 0 radical (unpaired) electrons. The van der Waals surface area contributed by atoms with Crippen LogP contribution in [0.5, 0.6) is 5.75 Å². The van der Waals surface area contributed by atoms with Crippen molar-refractivity contribution >= 4 is 40.8 Å². The Kier molecular flexibility index (Phi) is 4.97. The van der Waals surface area contributed by atoms with E-state index in [0.717, 1.165) is 12.1 Å². The van der Waals surface area contributed by atoms with Crippen LogP contribution in [0.2, 0.25) is 0 Å². The van der Waals surface area contributed by atoms with Crippen LogP contribution in [0.3, 0.4) is 0 Å². The maximum absolute atomic E-state index is 12.4. The van der Waals surface area contributed by atoms with E-state index in [1.54, 1.807) is 0 Å². The first-order valence-electron chi connectivity index (χ1n) is 6.23. The van der Waals surface area contributed by atoms with Crippen LogP contribution in [0, 0.1) is 0 Å². The van der Waals surface area contributed by atoms with Gasteiger partial charge in [-0.3, -0.25) is 13.7 Å². The van der Waals surface area contributed by atoms with Gasteiger partial charge in [-0.25, -0.2) is 0 Å². The molecular formula is C9H10N2O12S4. The van der Waals surface area contributed by atoms with Crippen molar-refractivity contribution in [3.8, 4) is 5.75 Å². The molecular weight excluding hydrogens is 456 g/mol. The normalized spacial score (nSPS) is 17.9. The summed E-state index contributed by atoms with van der Waals surface area (Å²) in [7, 11) is -24.0. The molecule has 152 valence electrons. The minimum Gasteiger partial charge on any atom is -0.367 e. The van der Waals surface area contributed by atoms with Gasteiger partial charge in [-0.2, -0.15) is 42.3 Å². The lowest BCUT2D eigenvalue weighted by Crippen LogP contribution is -2.66. The average molecular weight is 466 g/mol. The van der Waals surface area contributed by atoms with E-state index in [0.29, 0.717) is 0 Å². The number of benzene rings is 1. The van der Waals surface area contributed by atoms with E-state index in [4.69, 9.17) is 4.55 Å². The molecule has 0 aromatic heterocycles. The third-order valence-corrected chi connectivity index (χ3v) is 9.01. The van der Waals surface area contributed by atoms with Gasteiger partial charge in [-0.1, -0.05) is 18.2 Å². The second-order valence-electron chi connectivity index (χ2n) is 4.72. The second-order valence-corrected chi connectivity index (χ2v) is 10.7. The summed E-state index contributed by atoms with van der Waals surface area (Å²) >= 11 is 0. The highest BCUT2D eigenvalue weighted by Crippen LogP contribution is 2.41. The van der Waals surface area contributed by atoms with Crippen LogP contribution in [0.25, 0.3) is 0 Å². The van der Waals surface area contributed by atoms with Crippen LogP contribution in [0.4, 0.5) is 0 Å². The molecule has 14 nitrogen and oxygen atoms in total. The fraction of sp³-hybridized carbons (Fsp3) is 0.111. The summed E-state index contributed by atoms with van der Waals surface area (Å²) in [4.78, 5) is 0. The van der Waals surface area contributed by atoms with Crippen molar-refractivity contribution in [3.63, 3.8) is 0 Å². The smallest absolute Gasteiger partial charge is 0.367 e. The van der Waals surface area contributed by atoms with Crippen LogP contribution >= 0.6 is 0 Å². The molecule has 0 unspecified atom stereocenters. The molecule has 18 heteroatoms. The molecule has 27 heavy (non-hydrogen) atoms. The Bertz CT molecular complexity index is 1150. The topological polar surface area (TPSA) is 213 Å². The van der Waals surface area contributed by atoms with E-state index < -0.39 is 59.5 Å². The van der Waals surface area contributed by atoms with Crippen molar-refractivity contribution in [1.29, 1.82) is 0 Å². The molecule has 1 aliphatic heterocycles. The number of para-hydroxylation sites is 1. The van der Waals surface area contributed by atoms with E-state index in [9.17, 15) is 42.8 Å². The summed E-state index contributed by atoms with van der Waals surface area (Å²) in [6.07, 6.45) is -0.0175. The Morgan fingerprint density at radius 2 is 1.19 bits per heavy atom. The third-order valence-electron chi connectivity index (χ3n) is 3.00. The van der Waals surface area contributed by atoms with E-state index in [1.807, 2.05) is 0 Å². The van der Waals surface area contributed by atoms with Gasteiger partial charge >= 0.3 is 45.2 Å². The number of hydrogen-bond donors (Lipinski definition) is 3. The van der Waals surface area contributed by atoms with Gasteiger partial charge < -0.3 is 4.18 Å². The molecule has 3 N–H and O–H groups in total. The van der Waals surface area contributed by atoms with Gasteiger partial charge in [0.05, 0.1) is 0 Å². The summed E-state index contributed by atoms with van der Waals surface area (Å²) in [6, 6.07) is 6.12. The molecule has 1 aromatic carbocycles. The molecule has 0 saturated heterocycles. The van der Waals surface area contributed by atoms with Gasteiger partial charge in [-0.15, -0.1) is 0 Å². The zero-order chi connectivity index (χ0) is 20.9. The molecule has 0 atom stereocenters. The van der Waals surface area contributed by atoms with Gasteiger partial charge in [0.25, 0.3) is 0 Å². The Morgan fingerprint density at radius 3 is 1.59 bits per heavy atom. The first-order chi connectivity index (χ1) is 12.0. The van der Waals surface area contributed by atoms with Crippen LogP contribution in [0.1, 0.15) is 0 Å². The van der Waals surface area contributed by atoms with Gasteiger partial charge in [0, 0.05) is 12.4 Å². The minimum absolute atomic E-state index is 0.0214. The second kappa shape index (κ2) is 6.29. The van der Waals surface area contributed by atoms with E-state index in [1.165, 1.54) is 18.2 Å². The molecule has 0 aliphatic carbocycles. The standard InChI is InChI=1S/C9H10N2O12S4/c12-24(13,14)9(25(15,16)17)10(26(18,19)20)6-7-11(9)27(21,22)23-8-4-2-1-3-5-8/h1-7H,(H,12,13,14)(H,15,16,17)(H,18,19,20). The van der Waals surface area contributed by atoms with E-state index in [-0.39, 0.29) is 12.4 Å². The first-order valence-corrected chi connectivity index (χ1v) is 11.9. The van der Waals surface area contributed by atoms with Crippen molar-refractivity contribution in [3.05, 3.63) is 42.7 Å². The average Bonchev–Trinajstić information content (AvgIpc) is 2.89. The SMILES string of the molecule is O=S(=O)(O)N1C=CN(S(=O)(=O)Oc2ccccc2)C1(S(=O)(=O)O)S(=O)(=O)O. The van der Waals surface area contributed by atoms with Crippen molar-refractivity contribution in [1.82, 2.24) is 8.61 Å². The fourth-order valence-corrected chi connectivity index (χ4v) is 8.18. The minimum atomic E-state index is -6.33. The zero-order valence-corrected chi connectivity index (χ0v) is 15.9. The Balaban J connectivity index is 2.81. The number of hydrogen-bond acceptors (Lipinski definition) is 9. The van der Waals surface area contributed by atoms with Crippen LogP contribution in [-0.4, -0.2) is 60.3 Å². The van der Waals surface area contributed by atoms with Crippen molar-refractivity contribution < 1.29 is 51.5 Å². The van der Waals surface area contributed by atoms with Crippen LogP contribution < -0.4 is 4.18 Å². The molecule has 1 heterocycles. The van der Waals surface area contributed by atoms with Crippen molar-refractivity contribution in [2.24, 2.45) is 0 Å². The largest absolute Gasteiger partial charge is 0.413 e. The third kappa shape index (κ3) is 3.47. The molecule has 0 fully saturated rings. The molecule has 2 rings (SSSR count). The summed E-state index contributed by atoms with van der Waals surface area (Å²) in [5.41, 5.74) is 0. The highest BCUT2D eigenvalue weighted by molar-refractivity contribution is 8.07. The van der Waals surface area contributed by atoms with Gasteiger partial charge in [0.15, 0.2) is 0 Å². The summed E-state index contributed by atoms with van der Waals surface area (Å²) < 4.78 is 120. The Hall–Kier alpha value is -1.96. The highest BCUT2D eigenvalue weighted by Gasteiger charge is 2.72. The maximum Gasteiger partial charge on any atom is 0.413 e. The molecule has 1 aromatic rings. The van der Waals surface area contributed by atoms with Crippen LogP contribution in [0.15, 0.2) is 42.7 Å². The van der Waals surface area contributed by atoms with Gasteiger partial charge in [0.2, 0.25) is 0 Å². The quantitative estimate of drug-likeness (QED) is 0.412. The first kappa shape index (κ1) is 21.3. The van der Waals surface area contributed by atoms with E-state index >= 15 is 0 Å². The summed E-state index contributed by atoms with van der Waals surface area (Å²) in [5, 5.41) is 0. The predicted molar refractivity (Wildman–Crippen MR) is 86.2 cm³/mol. The zero-order valence-electron chi connectivity index (χ0n) is 12.6. The fourth-order valence-electron chi connectivity index (χ4n) is 2.07. The molecule has 0 spiro atoms. The predicted octanol–water partition coefficient (Wildman–Crippen LogP) is -1.41. The highest BCUT2D eigenvalue weighted by atomic mass is 32.3. The lowest BCUT2D eigenvalue weighted by atomic mass is 10.3. The Labute approximate surface area is 153 Å². The molecule has 0 saturated carbocycles. The van der Waals surface area contributed by atoms with Gasteiger partial charge in [-0.05, 0) is 12.1 Å². The lowest BCUT2D eigenvalue weighted by molar-refractivity contribution is 0.252. The lowest BCUT2D eigenvalue weighted by Gasteiger charge is -2.35. The monoisotopic (exact) mass is 466 g/mol. The molecule has 1 aliphatic rings. The van der Waals surface area contributed by atoms with Crippen molar-refractivity contribution in [2.45, 2.75) is 4.33 Å². The molecule has 0 bridgehead atoms.